The maximum atomic E-state index is 14.9. The van der Waals surface area contributed by atoms with E-state index in [1.807, 2.05) is 0 Å². The number of hydrogen-bond donors (Lipinski definition) is 0. The van der Waals surface area contributed by atoms with E-state index in [0.29, 0.717) is 30.5 Å². The van der Waals surface area contributed by atoms with Crippen molar-refractivity contribution in [1.82, 2.24) is 9.78 Å². The fourth-order valence-corrected chi connectivity index (χ4v) is 4.27. The predicted octanol–water partition coefficient (Wildman–Crippen LogP) is 5.72. The second kappa shape index (κ2) is 8.62. The molecule has 0 fully saturated rings. The molecular formula is C23H17ClF4N2O3. The van der Waals surface area contributed by atoms with Gasteiger partial charge in [0.2, 0.25) is 0 Å². The summed E-state index contributed by atoms with van der Waals surface area (Å²) in [5.41, 5.74) is -0.708. The van der Waals surface area contributed by atoms with Crippen molar-refractivity contribution >= 4 is 23.5 Å². The summed E-state index contributed by atoms with van der Waals surface area (Å²) >= 11 is 6.01. The van der Waals surface area contributed by atoms with Crippen molar-refractivity contribution < 1.29 is 31.9 Å². The number of methoxy groups -OCH3 is 1. The van der Waals surface area contributed by atoms with Gasteiger partial charge in [0.05, 0.1) is 40.2 Å². The van der Waals surface area contributed by atoms with Gasteiger partial charge in [-0.3, -0.25) is 4.79 Å². The first kappa shape index (κ1) is 23.0. The zero-order valence-corrected chi connectivity index (χ0v) is 18.1. The highest BCUT2D eigenvalue weighted by molar-refractivity contribution is 6.34. The Balaban J connectivity index is 1.87. The van der Waals surface area contributed by atoms with Crippen LogP contribution in [-0.2, 0) is 23.8 Å². The third-order valence-corrected chi connectivity index (χ3v) is 5.87. The summed E-state index contributed by atoms with van der Waals surface area (Å²) in [5, 5.41) is 3.89. The van der Waals surface area contributed by atoms with Gasteiger partial charge in [0.15, 0.2) is 0 Å². The van der Waals surface area contributed by atoms with Crippen LogP contribution in [0.2, 0.25) is 5.02 Å². The van der Waals surface area contributed by atoms with Gasteiger partial charge in [0.1, 0.15) is 5.82 Å². The minimum Gasteiger partial charge on any atom is -0.465 e. The number of rotatable bonds is 3. The molecule has 1 aliphatic rings. The number of nitrogens with zero attached hydrogens (tertiary/aromatic N) is 2. The first-order chi connectivity index (χ1) is 15.6. The summed E-state index contributed by atoms with van der Waals surface area (Å²) in [6.45, 7) is 0. The van der Waals surface area contributed by atoms with Crippen LogP contribution in [0.25, 0.3) is 11.3 Å². The average molecular weight is 481 g/mol. The van der Waals surface area contributed by atoms with E-state index in [0.717, 1.165) is 29.3 Å². The molecule has 0 saturated heterocycles. The highest BCUT2D eigenvalue weighted by Crippen LogP contribution is 2.37. The molecule has 172 valence electrons. The number of alkyl halides is 3. The van der Waals surface area contributed by atoms with Crippen LogP contribution in [-0.4, -0.2) is 28.8 Å². The van der Waals surface area contributed by atoms with Crippen LogP contribution in [0.5, 0.6) is 0 Å². The molecule has 0 saturated carbocycles. The van der Waals surface area contributed by atoms with Crippen LogP contribution in [0.1, 0.15) is 50.4 Å². The Morgan fingerprint density at radius 2 is 1.85 bits per heavy atom. The van der Waals surface area contributed by atoms with E-state index in [9.17, 15) is 27.2 Å². The third kappa shape index (κ3) is 4.13. The van der Waals surface area contributed by atoms with Crippen LogP contribution in [0.4, 0.5) is 17.6 Å². The van der Waals surface area contributed by atoms with E-state index in [4.69, 9.17) is 11.6 Å². The zero-order chi connectivity index (χ0) is 23.9. The molecule has 0 radical (unpaired) electrons. The molecule has 5 nitrogen and oxygen atoms in total. The van der Waals surface area contributed by atoms with Crippen molar-refractivity contribution in [2.24, 2.45) is 0 Å². The van der Waals surface area contributed by atoms with Crippen LogP contribution in [0.15, 0.2) is 36.4 Å². The topological polar surface area (TPSA) is 61.2 Å². The highest BCUT2D eigenvalue weighted by Gasteiger charge is 2.38. The number of aromatic nitrogens is 2. The van der Waals surface area contributed by atoms with Crippen molar-refractivity contribution in [3.8, 4) is 11.3 Å². The summed E-state index contributed by atoms with van der Waals surface area (Å²) in [6, 6.07) is 6.78. The summed E-state index contributed by atoms with van der Waals surface area (Å²) in [4.78, 5) is 25.0. The lowest BCUT2D eigenvalue weighted by atomic mass is 9.93. The Morgan fingerprint density at radius 1 is 1.12 bits per heavy atom. The molecular weight excluding hydrogens is 464 g/mol. The molecule has 4 rings (SSSR count). The fraction of sp³-hybridized carbons (Fsp3) is 0.261. The van der Waals surface area contributed by atoms with Gasteiger partial charge in [-0.1, -0.05) is 17.7 Å². The Morgan fingerprint density at radius 3 is 2.52 bits per heavy atom. The Hall–Kier alpha value is -3.20. The lowest BCUT2D eigenvalue weighted by molar-refractivity contribution is -0.137. The Bertz CT molecular complexity index is 1270. The monoisotopic (exact) mass is 480 g/mol. The predicted molar refractivity (Wildman–Crippen MR) is 112 cm³/mol. The van der Waals surface area contributed by atoms with Gasteiger partial charge < -0.3 is 4.74 Å². The number of fused-ring (bicyclic) bond motifs is 1. The van der Waals surface area contributed by atoms with Crippen LogP contribution < -0.4 is 0 Å². The van der Waals surface area contributed by atoms with Gasteiger partial charge in [-0.15, -0.1) is 0 Å². The SMILES string of the molecule is COC(=O)c1ccc(-c2nn(C(=O)c3c(Cl)cccc3C(F)(F)F)c3c2CCCC3)c(F)c1. The summed E-state index contributed by atoms with van der Waals surface area (Å²) < 4.78 is 61.1. The first-order valence-corrected chi connectivity index (χ1v) is 10.4. The molecule has 2 aromatic carbocycles. The quantitative estimate of drug-likeness (QED) is 0.355. The molecule has 0 atom stereocenters. The maximum absolute atomic E-state index is 14.9. The number of esters is 1. The zero-order valence-electron chi connectivity index (χ0n) is 17.3. The van der Waals surface area contributed by atoms with E-state index in [2.05, 4.69) is 9.84 Å². The van der Waals surface area contributed by atoms with Crippen molar-refractivity contribution in [2.75, 3.05) is 7.11 Å². The molecule has 1 aliphatic carbocycles. The van der Waals surface area contributed by atoms with Crippen molar-refractivity contribution in [1.29, 1.82) is 0 Å². The minimum atomic E-state index is -4.80. The number of benzene rings is 2. The molecule has 0 unspecified atom stereocenters. The lowest BCUT2D eigenvalue weighted by Crippen LogP contribution is -2.22. The molecule has 33 heavy (non-hydrogen) atoms. The highest BCUT2D eigenvalue weighted by atomic mass is 35.5. The van der Waals surface area contributed by atoms with E-state index < -0.39 is 35.0 Å². The molecule has 1 heterocycles. The van der Waals surface area contributed by atoms with Crippen molar-refractivity contribution in [2.45, 2.75) is 31.9 Å². The molecule has 0 amide bonds. The smallest absolute Gasteiger partial charge is 0.417 e. The second-order valence-electron chi connectivity index (χ2n) is 7.54. The number of halogens is 5. The average Bonchev–Trinajstić information content (AvgIpc) is 3.16. The minimum absolute atomic E-state index is 0.00554. The van der Waals surface area contributed by atoms with Gasteiger partial charge in [0.25, 0.3) is 5.91 Å². The molecule has 0 N–H and O–H groups in total. The second-order valence-corrected chi connectivity index (χ2v) is 7.95. The fourth-order valence-electron chi connectivity index (χ4n) is 4.02. The van der Waals surface area contributed by atoms with Gasteiger partial charge >= 0.3 is 12.1 Å². The number of hydrogen-bond acceptors (Lipinski definition) is 4. The third-order valence-electron chi connectivity index (χ3n) is 5.55. The molecule has 10 heteroatoms. The van der Waals surface area contributed by atoms with E-state index in [1.165, 1.54) is 25.3 Å². The molecule has 0 aliphatic heterocycles. The molecule has 0 spiro atoms. The van der Waals surface area contributed by atoms with Gasteiger partial charge in [-0.05, 0) is 56.0 Å². The number of carbonyl (C=O) groups excluding carboxylic acids is 2. The molecule has 0 bridgehead atoms. The van der Waals surface area contributed by atoms with E-state index in [-0.39, 0.29) is 21.8 Å². The first-order valence-electron chi connectivity index (χ1n) is 10.0. The van der Waals surface area contributed by atoms with Crippen LogP contribution in [0.3, 0.4) is 0 Å². The number of carbonyl (C=O) groups is 2. The Kier molecular flexibility index (Phi) is 6.00. The van der Waals surface area contributed by atoms with E-state index >= 15 is 0 Å². The van der Waals surface area contributed by atoms with Gasteiger partial charge in [-0.25, -0.2) is 9.18 Å². The summed E-state index contributed by atoms with van der Waals surface area (Å²) in [5.74, 6) is -2.53. The van der Waals surface area contributed by atoms with Gasteiger partial charge in [-0.2, -0.15) is 23.0 Å². The summed E-state index contributed by atoms with van der Waals surface area (Å²) in [6.07, 6.45) is -2.49. The Labute approximate surface area is 190 Å². The van der Waals surface area contributed by atoms with Crippen LogP contribution in [0, 0.1) is 5.82 Å². The molecule has 3 aromatic rings. The van der Waals surface area contributed by atoms with Crippen molar-refractivity contribution in [3.63, 3.8) is 0 Å². The van der Waals surface area contributed by atoms with Crippen molar-refractivity contribution in [3.05, 3.63) is 75.2 Å². The largest absolute Gasteiger partial charge is 0.465 e. The number of ether oxygens (including phenoxy) is 1. The summed E-state index contributed by atoms with van der Waals surface area (Å²) in [7, 11) is 1.17. The van der Waals surface area contributed by atoms with E-state index in [1.54, 1.807) is 0 Å². The van der Waals surface area contributed by atoms with Gasteiger partial charge in [0, 0.05) is 11.1 Å². The van der Waals surface area contributed by atoms with Crippen LogP contribution >= 0.6 is 11.6 Å². The maximum Gasteiger partial charge on any atom is 0.417 e. The lowest BCUT2D eigenvalue weighted by Gasteiger charge is -2.16. The normalized spacial score (nSPS) is 13.5. The standard InChI is InChI=1S/C23H17ClF4N2O3/c1-33-22(32)12-9-10-13(17(25)11-12)20-14-5-2-3-8-18(14)30(29-20)21(31)19-15(23(26,27)28)6-4-7-16(19)24/h4,6-7,9-11H,2-3,5,8H2,1H3. The molecule has 1 aromatic heterocycles.